The summed E-state index contributed by atoms with van der Waals surface area (Å²) in [6, 6.07) is 6.07. The first-order valence-corrected chi connectivity index (χ1v) is 13.5. The number of aliphatic hydroxyl groups excluding tert-OH is 2. The van der Waals surface area contributed by atoms with E-state index < -0.39 is 12.6 Å². The summed E-state index contributed by atoms with van der Waals surface area (Å²) in [6.45, 7) is 9.55. The fourth-order valence-corrected chi connectivity index (χ4v) is 4.20. The van der Waals surface area contributed by atoms with Gasteiger partial charge in [-0.3, -0.25) is 4.79 Å². The molecule has 1 aromatic carbocycles. The number of rotatable bonds is 17. The third kappa shape index (κ3) is 13.7. The summed E-state index contributed by atoms with van der Waals surface area (Å²) in [4.78, 5) is 21.1. The summed E-state index contributed by atoms with van der Waals surface area (Å²) in [6.07, 6.45) is 10.8. The number of unbranched alkanes of at least 4 members (excludes halogenated alkanes) is 2. The number of hydrogen-bond acceptors (Lipinski definition) is 8. The van der Waals surface area contributed by atoms with Crippen LogP contribution in [0.2, 0.25) is 0 Å². The highest BCUT2D eigenvalue weighted by Crippen LogP contribution is 2.40. The number of carbonyl (C=O) groups is 2. The lowest BCUT2D eigenvalue weighted by Crippen LogP contribution is -2.15. The molecule has 214 valence electrons. The minimum atomic E-state index is -0.607. The molecule has 8 heteroatoms. The average Bonchev–Trinajstić information content (AvgIpc) is 2.95. The van der Waals surface area contributed by atoms with E-state index in [1.807, 2.05) is 6.07 Å². The van der Waals surface area contributed by atoms with Gasteiger partial charge in [-0.25, -0.2) is 4.79 Å². The Labute approximate surface area is 227 Å². The second kappa shape index (κ2) is 20.3. The lowest BCUT2D eigenvalue weighted by molar-refractivity contribution is -0.140. The van der Waals surface area contributed by atoms with Crippen molar-refractivity contribution in [1.82, 2.24) is 0 Å². The molecule has 1 saturated carbocycles. The van der Waals surface area contributed by atoms with Gasteiger partial charge < -0.3 is 29.2 Å². The van der Waals surface area contributed by atoms with Crippen molar-refractivity contribution < 1.29 is 38.7 Å². The number of ether oxygens (including phenoxy) is 4. The zero-order valence-corrected chi connectivity index (χ0v) is 23.1. The molecule has 0 unspecified atom stereocenters. The first-order valence-electron chi connectivity index (χ1n) is 13.5. The number of aliphatic hydroxyl groups is 2. The van der Waals surface area contributed by atoms with Crippen LogP contribution in [0.1, 0.15) is 69.8 Å². The van der Waals surface area contributed by atoms with E-state index in [4.69, 9.17) is 29.2 Å². The van der Waals surface area contributed by atoms with Crippen LogP contribution >= 0.6 is 0 Å². The first-order chi connectivity index (χ1) is 18.4. The maximum atomic E-state index is 11.6. The minimum Gasteiger partial charge on any atom is -0.491 e. The molecule has 0 aliphatic heterocycles. The fourth-order valence-electron chi connectivity index (χ4n) is 4.20. The van der Waals surface area contributed by atoms with Crippen molar-refractivity contribution in [2.24, 2.45) is 5.92 Å². The van der Waals surface area contributed by atoms with Gasteiger partial charge in [-0.15, -0.1) is 0 Å². The van der Waals surface area contributed by atoms with Gasteiger partial charge in [0, 0.05) is 18.7 Å². The lowest BCUT2D eigenvalue weighted by Gasteiger charge is -2.29. The first kappa shape index (κ1) is 33.3. The van der Waals surface area contributed by atoms with Gasteiger partial charge in [0.2, 0.25) is 0 Å². The molecule has 2 rings (SSSR count). The van der Waals surface area contributed by atoms with Crippen molar-refractivity contribution in [2.45, 2.75) is 64.2 Å². The molecule has 0 heterocycles. The van der Waals surface area contributed by atoms with Crippen molar-refractivity contribution >= 4 is 12.3 Å². The molecule has 0 aromatic heterocycles. The predicted octanol–water partition coefficient (Wildman–Crippen LogP) is 4.77. The average molecular weight is 535 g/mol. The van der Waals surface area contributed by atoms with Crippen molar-refractivity contribution in [3.05, 3.63) is 48.1 Å². The summed E-state index contributed by atoms with van der Waals surface area (Å²) in [5, 5.41) is 16.9. The van der Waals surface area contributed by atoms with Gasteiger partial charge in [0.15, 0.2) is 0 Å². The van der Waals surface area contributed by atoms with E-state index in [0.29, 0.717) is 31.2 Å². The monoisotopic (exact) mass is 534 g/mol. The summed E-state index contributed by atoms with van der Waals surface area (Å²) in [5.74, 6) is 2.24. The molecule has 0 atom stereocenters. The topological polar surface area (TPSA) is 112 Å². The van der Waals surface area contributed by atoms with Crippen LogP contribution in [-0.4, -0.2) is 69.2 Å². The Morgan fingerprint density at radius 3 is 2.08 bits per heavy atom. The van der Waals surface area contributed by atoms with Gasteiger partial charge in [0.05, 0.1) is 25.4 Å². The molecule has 0 amide bonds. The summed E-state index contributed by atoms with van der Waals surface area (Å²) in [7, 11) is 1.65. The van der Waals surface area contributed by atoms with Crippen LogP contribution in [0.15, 0.2) is 42.5 Å². The SMILES string of the molecule is C=C(C=O)CO.C=C(CO)C(=O)OCCOc1cc(OCCOC)cc(C2CCC(CCCCC)CC2)c1. The molecule has 0 radical (unpaired) electrons. The predicted molar refractivity (Wildman–Crippen MR) is 148 cm³/mol. The number of benzene rings is 1. The van der Waals surface area contributed by atoms with Crippen LogP contribution in [0.5, 0.6) is 11.5 Å². The highest BCUT2D eigenvalue weighted by atomic mass is 16.6. The van der Waals surface area contributed by atoms with Crippen LogP contribution in [0.4, 0.5) is 0 Å². The van der Waals surface area contributed by atoms with Gasteiger partial charge in [0.1, 0.15) is 37.6 Å². The summed E-state index contributed by atoms with van der Waals surface area (Å²) < 4.78 is 21.9. The normalized spacial score (nSPS) is 16.5. The molecule has 0 spiro atoms. The van der Waals surface area contributed by atoms with Crippen molar-refractivity contribution in [2.75, 3.05) is 46.8 Å². The molecule has 1 fully saturated rings. The van der Waals surface area contributed by atoms with Crippen LogP contribution in [0, 0.1) is 5.92 Å². The molecular weight excluding hydrogens is 488 g/mol. The standard InChI is InChI=1S/C26H40O6.C4H6O2/c1-4-5-6-7-21-8-10-22(11-9-21)23-16-24(30-13-12-29-3)18-25(17-23)31-14-15-32-26(28)20(2)19-27;1-4(2-5)3-6/h16-18,21-22,27H,2,4-15,19H2,1,3H3;2,6H,1,3H2. The van der Waals surface area contributed by atoms with E-state index in [0.717, 1.165) is 11.7 Å². The Morgan fingerprint density at radius 2 is 1.58 bits per heavy atom. The Morgan fingerprint density at radius 1 is 0.947 bits per heavy atom. The Kier molecular flexibility index (Phi) is 17.8. The quantitative estimate of drug-likeness (QED) is 0.127. The molecule has 1 aromatic rings. The van der Waals surface area contributed by atoms with Crippen molar-refractivity contribution in [1.29, 1.82) is 0 Å². The maximum Gasteiger partial charge on any atom is 0.335 e. The highest BCUT2D eigenvalue weighted by Gasteiger charge is 2.23. The number of hydrogen-bond donors (Lipinski definition) is 2. The van der Waals surface area contributed by atoms with Crippen LogP contribution in [0.3, 0.4) is 0 Å². The van der Waals surface area contributed by atoms with Crippen molar-refractivity contribution in [3.8, 4) is 11.5 Å². The lowest BCUT2D eigenvalue weighted by atomic mass is 9.77. The van der Waals surface area contributed by atoms with E-state index in [9.17, 15) is 9.59 Å². The molecule has 0 saturated heterocycles. The van der Waals surface area contributed by atoms with Gasteiger partial charge in [-0.1, -0.05) is 45.8 Å². The Bertz CT molecular complexity index is 843. The number of methoxy groups -OCH3 is 1. The van der Waals surface area contributed by atoms with Crippen LogP contribution in [0.25, 0.3) is 0 Å². The second-order valence-corrected chi connectivity index (χ2v) is 9.47. The summed E-state index contributed by atoms with van der Waals surface area (Å²) in [5.41, 5.74) is 1.49. The van der Waals surface area contributed by atoms with E-state index in [-0.39, 0.29) is 31.0 Å². The third-order valence-corrected chi connectivity index (χ3v) is 6.43. The number of aldehydes is 1. The van der Waals surface area contributed by atoms with Crippen molar-refractivity contribution in [3.63, 3.8) is 0 Å². The highest BCUT2D eigenvalue weighted by molar-refractivity contribution is 5.87. The van der Waals surface area contributed by atoms with Gasteiger partial charge in [0.25, 0.3) is 0 Å². The Hall–Kier alpha value is -2.68. The zero-order valence-electron chi connectivity index (χ0n) is 23.1. The van der Waals surface area contributed by atoms with Crippen LogP contribution in [-0.2, 0) is 19.1 Å². The third-order valence-electron chi connectivity index (χ3n) is 6.43. The van der Waals surface area contributed by atoms with Crippen LogP contribution < -0.4 is 9.47 Å². The fraction of sp³-hybridized carbons (Fsp3) is 0.600. The molecule has 0 bridgehead atoms. The minimum absolute atomic E-state index is 0.0334. The second-order valence-electron chi connectivity index (χ2n) is 9.47. The van der Waals surface area contributed by atoms with E-state index in [1.54, 1.807) is 7.11 Å². The smallest absolute Gasteiger partial charge is 0.335 e. The number of esters is 1. The molecule has 8 nitrogen and oxygen atoms in total. The molecular formula is C30H46O8. The molecule has 2 N–H and O–H groups in total. The van der Waals surface area contributed by atoms with E-state index in [2.05, 4.69) is 32.2 Å². The molecule has 38 heavy (non-hydrogen) atoms. The Balaban J connectivity index is 0.00000107. The number of carbonyl (C=O) groups excluding carboxylic acids is 2. The molecule has 1 aliphatic rings. The van der Waals surface area contributed by atoms with Gasteiger partial charge in [-0.2, -0.15) is 0 Å². The molecule has 1 aliphatic carbocycles. The van der Waals surface area contributed by atoms with E-state index in [1.165, 1.54) is 56.9 Å². The maximum absolute atomic E-state index is 11.6. The summed E-state index contributed by atoms with van der Waals surface area (Å²) >= 11 is 0. The van der Waals surface area contributed by atoms with E-state index >= 15 is 0 Å². The largest absolute Gasteiger partial charge is 0.491 e. The van der Waals surface area contributed by atoms with Gasteiger partial charge >= 0.3 is 5.97 Å². The van der Waals surface area contributed by atoms with Gasteiger partial charge in [-0.05, 0) is 55.2 Å². The zero-order chi connectivity index (χ0) is 28.2.